The Hall–Kier alpha value is -0.460. The molecule has 0 aliphatic heterocycles. The third-order valence-corrected chi connectivity index (χ3v) is 2.72. The highest BCUT2D eigenvalue weighted by atomic mass is 16.5. The van der Waals surface area contributed by atoms with Gasteiger partial charge in [-0.25, -0.2) is 0 Å². The summed E-state index contributed by atoms with van der Waals surface area (Å²) in [4.78, 5) is 0. The molecule has 64 valence electrons. The van der Waals surface area contributed by atoms with E-state index in [-0.39, 0.29) is 0 Å². The van der Waals surface area contributed by atoms with Gasteiger partial charge in [-0.2, -0.15) is 0 Å². The van der Waals surface area contributed by atoms with Crippen LogP contribution in [0.25, 0.3) is 0 Å². The van der Waals surface area contributed by atoms with Crippen LogP contribution in [-0.4, -0.2) is 6.61 Å². The maximum Gasteiger partial charge on any atom is 0.0903 e. The fraction of sp³-hybridized carbons (Fsp3) is 0.800. The molecule has 0 radical (unpaired) electrons. The lowest BCUT2D eigenvalue weighted by atomic mass is 9.81. The van der Waals surface area contributed by atoms with Crippen molar-refractivity contribution in [2.45, 2.75) is 32.6 Å². The van der Waals surface area contributed by atoms with Crippen molar-refractivity contribution in [1.29, 1.82) is 0 Å². The van der Waals surface area contributed by atoms with E-state index in [1.165, 1.54) is 25.7 Å². The topological polar surface area (TPSA) is 9.23 Å². The Morgan fingerprint density at radius 1 is 1.45 bits per heavy atom. The Labute approximate surface area is 69.4 Å². The second-order valence-electron chi connectivity index (χ2n) is 3.52. The average molecular weight is 154 g/mol. The summed E-state index contributed by atoms with van der Waals surface area (Å²) in [5.74, 6) is 1.63. The largest absolute Gasteiger partial charge is 0.502 e. The van der Waals surface area contributed by atoms with Gasteiger partial charge in [0.2, 0.25) is 0 Å². The van der Waals surface area contributed by atoms with Crippen molar-refractivity contribution < 1.29 is 4.74 Å². The van der Waals surface area contributed by atoms with Crippen LogP contribution >= 0.6 is 0 Å². The molecule has 0 N–H and O–H groups in total. The normalized spacial score (nSPS) is 31.4. The second kappa shape index (κ2) is 4.42. The highest BCUT2D eigenvalue weighted by molar-refractivity contribution is 4.72. The van der Waals surface area contributed by atoms with Gasteiger partial charge in [0.05, 0.1) is 12.9 Å². The molecule has 0 aromatic rings. The fourth-order valence-electron chi connectivity index (χ4n) is 1.83. The average Bonchev–Trinajstić information content (AvgIpc) is 2.03. The van der Waals surface area contributed by atoms with Crippen LogP contribution in [0.3, 0.4) is 0 Å². The van der Waals surface area contributed by atoms with Crippen molar-refractivity contribution >= 4 is 0 Å². The molecule has 0 amide bonds. The zero-order valence-electron chi connectivity index (χ0n) is 7.38. The van der Waals surface area contributed by atoms with Gasteiger partial charge in [-0.3, -0.25) is 0 Å². The quantitative estimate of drug-likeness (QED) is 0.568. The van der Waals surface area contributed by atoms with E-state index in [1.807, 2.05) is 0 Å². The van der Waals surface area contributed by atoms with Crippen LogP contribution in [0.5, 0.6) is 0 Å². The van der Waals surface area contributed by atoms with Gasteiger partial charge in [-0.1, -0.05) is 32.8 Å². The van der Waals surface area contributed by atoms with Crippen LogP contribution in [-0.2, 0) is 4.74 Å². The molecule has 1 fully saturated rings. The molecular formula is C10H18O. The van der Waals surface area contributed by atoms with Crippen LogP contribution in [0.1, 0.15) is 32.6 Å². The van der Waals surface area contributed by atoms with Crippen LogP contribution in [0, 0.1) is 11.8 Å². The predicted molar refractivity (Wildman–Crippen MR) is 47.3 cm³/mol. The maximum absolute atomic E-state index is 5.21. The molecule has 0 spiro atoms. The van der Waals surface area contributed by atoms with Gasteiger partial charge >= 0.3 is 0 Å². The van der Waals surface area contributed by atoms with Gasteiger partial charge in [0.25, 0.3) is 0 Å². The third kappa shape index (κ3) is 2.57. The van der Waals surface area contributed by atoms with E-state index in [9.17, 15) is 0 Å². The van der Waals surface area contributed by atoms with Gasteiger partial charge in [-0.05, 0) is 18.3 Å². The minimum atomic E-state index is 0.779. The van der Waals surface area contributed by atoms with Crippen molar-refractivity contribution in [3.05, 3.63) is 12.8 Å². The Morgan fingerprint density at radius 2 is 2.18 bits per heavy atom. The number of ether oxygens (including phenoxy) is 1. The van der Waals surface area contributed by atoms with Gasteiger partial charge < -0.3 is 4.74 Å². The molecule has 0 aromatic heterocycles. The molecule has 1 saturated carbocycles. The molecule has 0 bridgehead atoms. The zero-order chi connectivity index (χ0) is 8.10. The Bertz CT molecular complexity index is 120. The van der Waals surface area contributed by atoms with Gasteiger partial charge in [0.1, 0.15) is 0 Å². The van der Waals surface area contributed by atoms with Crippen LogP contribution < -0.4 is 0 Å². The number of hydrogen-bond acceptors (Lipinski definition) is 1. The smallest absolute Gasteiger partial charge is 0.0903 e. The van der Waals surface area contributed by atoms with Gasteiger partial charge in [0, 0.05) is 0 Å². The summed E-state index contributed by atoms with van der Waals surface area (Å²) in [6.07, 6.45) is 7.07. The van der Waals surface area contributed by atoms with Crippen molar-refractivity contribution in [1.82, 2.24) is 0 Å². The molecule has 1 rings (SSSR count). The van der Waals surface area contributed by atoms with E-state index >= 15 is 0 Å². The third-order valence-electron chi connectivity index (χ3n) is 2.72. The molecule has 2 unspecified atom stereocenters. The Kier molecular flexibility index (Phi) is 3.47. The van der Waals surface area contributed by atoms with Crippen LogP contribution in [0.15, 0.2) is 12.8 Å². The lowest BCUT2D eigenvalue weighted by Crippen LogP contribution is -2.20. The second-order valence-corrected chi connectivity index (χ2v) is 3.52. The molecule has 1 aliphatic carbocycles. The summed E-state index contributed by atoms with van der Waals surface area (Å²) in [5.41, 5.74) is 0. The fourth-order valence-corrected chi connectivity index (χ4v) is 1.83. The van der Waals surface area contributed by atoms with E-state index in [2.05, 4.69) is 13.5 Å². The molecule has 1 heteroatoms. The summed E-state index contributed by atoms with van der Waals surface area (Å²) < 4.78 is 5.21. The summed E-state index contributed by atoms with van der Waals surface area (Å²) in [6, 6.07) is 0. The molecule has 0 saturated heterocycles. The van der Waals surface area contributed by atoms with Gasteiger partial charge in [0.15, 0.2) is 0 Å². The first-order valence-corrected chi connectivity index (χ1v) is 4.57. The summed E-state index contributed by atoms with van der Waals surface area (Å²) in [7, 11) is 0. The highest BCUT2D eigenvalue weighted by Gasteiger charge is 2.20. The monoisotopic (exact) mass is 154 g/mol. The minimum Gasteiger partial charge on any atom is -0.502 e. The van der Waals surface area contributed by atoms with E-state index in [4.69, 9.17) is 4.74 Å². The van der Waals surface area contributed by atoms with Crippen molar-refractivity contribution in [3.8, 4) is 0 Å². The molecular weight excluding hydrogens is 136 g/mol. The molecule has 11 heavy (non-hydrogen) atoms. The number of rotatable bonds is 3. The maximum atomic E-state index is 5.21. The SMILES string of the molecule is C=COCC1CCCCC1C. The molecule has 1 nitrogen and oxygen atoms in total. The van der Waals surface area contributed by atoms with E-state index < -0.39 is 0 Å². The molecule has 0 aromatic carbocycles. The molecule has 0 heterocycles. The Morgan fingerprint density at radius 3 is 2.82 bits per heavy atom. The Balaban J connectivity index is 2.23. The first-order valence-electron chi connectivity index (χ1n) is 4.57. The highest BCUT2D eigenvalue weighted by Crippen LogP contribution is 2.29. The first kappa shape index (κ1) is 8.63. The first-order chi connectivity index (χ1) is 5.34. The minimum absolute atomic E-state index is 0.779. The van der Waals surface area contributed by atoms with Crippen molar-refractivity contribution in [2.24, 2.45) is 11.8 Å². The molecule has 2 atom stereocenters. The van der Waals surface area contributed by atoms with E-state index in [1.54, 1.807) is 6.26 Å². The summed E-state index contributed by atoms with van der Waals surface area (Å²) in [5, 5.41) is 0. The predicted octanol–water partition coefficient (Wildman–Crippen LogP) is 2.97. The van der Waals surface area contributed by atoms with Gasteiger partial charge in [-0.15, -0.1) is 0 Å². The lowest BCUT2D eigenvalue weighted by Gasteiger charge is -2.27. The molecule has 1 aliphatic rings. The van der Waals surface area contributed by atoms with Crippen molar-refractivity contribution in [3.63, 3.8) is 0 Å². The van der Waals surface area contributed by atoms with Crippen molar-refractivity contribution in [2.75, 3.05) is 6.61 Å². The lowest BCUT2D eigenvalue weighted by molar-refractivity contribution is 0.128. The standard InChI is InChI=1S/C10H18O/c1-3-11-8-10-7-5-4-6-9(10)2/h3,9-10H,1,4-8H2,2H3. The van der Waals surface area contributed by atoms with Crippen LogP contribution in [0.2, 0.25) is 0 Å². The van der Waals surface area contributed by atoms with E-state index in [0.717, 1.165) is 18.4 Å². The van der Waals surface area contributed by atoms with E-state index in [0.29, 0.717) is 0 Å². The zero-order valence-corrected chi connectivity index (χ0v) is 7.38. The number of hydrogen-bond donors (Lipinski definition) is 0. The summed E-state index contributed by atoms with van der Waals surface area (Å²) >= 11 is 0. The van der Waals surface area contributed by atoms with Crippen LogP contribution in [0.4, 0.5) is 0 Å². The summed E-state index contributed by atoms with van der Waals surface area (Å²) in [6.45, 7) is 6.76.